The van der Waals surface area contributed by atoms with Gasteiger partial charge in [0.1, 0.15) is 0 Å². The van der Waals surface area contributed by atoms with Crippen molar-refractivity contribution in [3.63, 3.8) is 0 Å². The van der Waals surface area contributed by atoms with Gasteiger partial charge in [0.05, 0.1) is 0 Å². The minimum Gasteiger partial charge on any atom is -0.322 e. The average molecular weight is 224 g/mol. The van der Waals surface area contributed by atoms with Crippen LogP contribution in [0.25, 0.3) is 0 Å². The van der Waals surface area contributed by atoms with E-state index in [4.69, 9.17) is 0 Å². The molecule has 92 valence electrons. The van der Waals surface area contributed by atoms with E-state index >= 15 is 0 Å². The van der Waals surface area contributed by atoms with Crippen molar-refractivity contribution in [1.29, 1.82) is 0 Å². The first-order chi connectivity index (χ1) is 7.70. The number of piperidine rings is 2. The van der Waals surface area contributed by atoms with Gasteiger partial charge in [-0.05, 0) is 52.4 Å². The van der Waals surface area contributed by atoms with Gasteiger partial charge in [0.15, 0.2) is 0 Å². The van der Waals surface area contributed by atoms with Gasteiger partial charge >= 0.3 is 6.03 Å². The molecule has 2 aliphatic rings. The number of hydrogen-bond acceptors (Lipinski definition) is 1. The standard InChI is InChI=1S/C13H24N2O/c1-11-7-3-5-9-14(11)13(16)15-10-6-4-8-12(15)2/h11-12H,3-10H2,1-2H3. The summed E-state index contributed by atoms with van der Waals surface area (Å²) in [6.45, 7) is 6.30. The van der Waals surface area contributed by atoms with Gasteiger partial charge in [-0.2, -0.15) is 0 Å². The number of likely N-dealkylation sites (tertiary alicyclic amines) is 2. The highest BCUT2D eigenvalue weighted by Gasteiger charge is 2.30. The molecule has 0 aromatic rings. The molecule has 0 spiro atoms. The van der Waals surface area contributed by atoms with Gasteiger partial charge in [0.2, 0.25) is 0 Å². The molecule has 2 saturated heterocycles. The van der Waals surface area contributed by atoms with Gasteiger partial charge in [-0.1, -0.05) is 0 Å². The smallest absolute Gasteiger partial charge is 0.320 e. The molecule has 0 bridgehead atoms. The van der Waals surface area contributed by atoms with E-state index in [-0.39, 0.29) is 0 Å². The second-order valence-electron chi connectivity index (χ2n) is 5.36. The molecule has 2 atom stereocenters. The molecule has 2 rings (SSSR count). The Labute approximate surface area is 98.8 Å². The molecule has 2 fully saturated rings. The number of rotatable bonds is 0. The summed E-state index contributed by atoms with van der Waals surface area (Å²) in [4.78, 5) is 16.6. The van der Waals surface area contributed by atoms with Crippen molar-refractivity contribution in [1.82, 2.24) is 9.80 Å². The lowest BCUT2D eigenvalue weighted by atomic mass is 10.0. The van der Waals surface area contributed by atoms with Crippen LogP contribution in [0.4, 0.5) is 4.79 Å². The maximum Gasteiger partial charge on any atom is 0.320 e. The van der Waals surface area contributed by atoms with Crippen LogP contribution in [0.15, 0.2) is 0 Å². The Kier molecular flexibility index (Phi) is 3.72. The Hall–Kier alpha value is -0.730. The van der Waals surface area contributed by atoms with E-state index in [2.05, 4.69) is 23.6 Å². The number of carbonyl (C=O) groups excluding carboxylic acids is 1. The Balaban J connectivity index is 1.99. The zero-order valence-corrected chi connectivity index (χ0v) is 10.6. The summed E-state index contributed by atoms with van der Waals surface area (Å²) in [5.74, 6) is 0. The van der Waals surface area contributed by atoms with Gasteiger partial charge in [-0.25, -0.2) is 4.79 Å². The number of nitrogens with zero attached hydrogens (tertiary/aromatic N) is 2. The molecule has 0 aromatic heterocycles. The minimum absolute atomic E-state index is 0.291. The minimum atomic E-state index is 0.291. The van der Waals surface area contributed by atoms with Crippen LogP contribution in [0, 0.1) is 0 Å². The lowest BCUT2D eigenvalue weighted by Gasteiger charge is -2.41. The monoisotopic (exact) mass is 224 g/mol. The Morgan fingerprint density at radius 1 is 0.875 bits per heavy atom. The zero-order chi connectivity index (χ0) is 11.5. The van der Waals surface area contributed by atoms with Crippen LogP contribution < -0.4 is 0 Å². The van der Waals surface area contributed by atoms with Crippen LogP contribution in [0.2, 0.25) is 0 Å². The van der Waals surface area contributed by atoms with Crippen molar-refractivity contribution in [3.05, 3.63) is 0 Å². The van der Waals surface area contributed by atoms with Crippen molar-refractivity contribution in [2.24, 2.45) is 0 Å². The maximum atomic E-state index is 12.4. The van der Waals surface area contributed by atoms with Gasteiger partial charge in [0.25, 0.3) is 0 Å². The van der Waals surface area contributed by atoms with Crippen LogP contribution in [-0.2, 0) is 0 Å². The number of urea groups is 1. The third kappa shape index (κ3) is 2.33. The van der Waals surface area contributed by atoms with Crippen LogP contribution >= 0.6 is 0 Å². The molecule has 2 unspecified atom stereocenters. The predicted molar refractivity (Wildman–Crippen MR) is 65.4 cm³/mol. The topological polar surface area (TPSA) is 23.6 Å². The highest BCUT2D eigenvalue weighted by molar-refractivity contribution is 5.75. The predicted octanol–water partition coefficient (Wildman–Crippen LogP) is 2.86. The van der Waals surface area contributed by atoms with E-state index in [1.165, 1.54) is 38.5 Å². The molecular formula is C13H24N2O. The van der Waals surface area contributed by atoms with Crippen LogP contribution in [0.3, 0.4) is 0 Å². The highest BCUT2D eigenvalue weighted by Crippen LogP contribution is 2.22. The summed E-state index contributed by atoms with van der Waals surface area (Å²) in [5.41, 5.74) is 0. The van der Waals surface area contributed by atoms with Crippen molar-refractivity contribution in [2.45, 2.75) is 64.5 Å². The maximum absolute atomic E-state index is 12.4. The molecule has 2 amide bonds. The molecule has 0 saturated carbocycles. The van der Waals surface area contributed by atoms with Gasteiger partial charge in [-0.15, -0.1) is 0 Å². The fourth-order valence-corrected chi connectivity index (χ4v) is 2.93. The first-order valence-electron chi connectivity index (χ1n) is 6.77. The summed E-state index contributed by atoms with van der Waals surface area (Å²) < 4.78 is 0. The van der Waals surface area contributed by atoms with E-state index in [9.17, 15) is 4.79 Å². The fourth-order valence-electron chi connectivity index (χ4n) is 2.93. The summed E-state index contributed by atoms with van der Waals surface area (Å²) in [5, 5.41) is 0. The molecule has 2 heterocycles. The summed E-state index contributed by atoms with van der Waals surface area (Å²) in [6.07, 6.45) is 7.26. The molecule has 0 radical (unpaired) electrons. The van der Waals surface area contributed by atoms with Crippen LogP contribution in [0.5, 0.6) is 0 Å². The molecule has 0 aromatic carbocycles. The Bertz CT molecular complexity index is 230. The zero-order valence-electron chi connectivity index (χ0n) is 10.6. The molecule has 3 nitrogen and oxygen atoms in total. The summed E-state index contributed by atoms with van der Waals surface area (Å²) >= 11 is 0. The third-order valence-corrected chi connectivity index (χ3v) is 4.10. The molecular weight excluding hydrogens is 200 g/mol. The first-order valence-corrected chi connectivity index (χ1v) is 6.77. The quantitative estimate of drug-likeness (QED) is 0.620. The highest BCUT2D eigenvalue weighted by atomic mass is 16.2. The largest absolute Gasteiger partial charge is 0.322 e. The normalized spacial score (nSPS) is 31.6. The number of amides is 2. The molecule has 0 aliphatic carbocycles. The second kappa shape index (κ2) is 5.07. The van der Waals surface area contributed by atoms with E-state index in [0.29, 0.717) is 18.1 Å². The van der Waals surface area contributed by atoms with Crippen LogP contribution in [-0.4, -0.2) is 41.0 Å². The number of carbonyl (C=O) groups is 1. The first kappa shape index (κ1) is 11.7. The number of hydrogen-bond donors (Lipinski definition) is 0. The van der Waals surface area contributed by atoms with E-state index in [1.54, 1.807) is 0 Å². The van der Waals surface area contributed by atoms with E-state index in [0.717, 1.165) is 13.1 Å². The molecule has 2 aliphatic heterocycles. The fraction of sp³-hybridized carbons (Fsp3) is 0.923. The van der Waals surface area contributed by atoms with E-state index < -0.39 is 0 Å². The van der Waals surface area contributed by atoms with Crippen LogP contribution in [0.1, 0.15) is 52.4 Å². The molecule has 3 heteroatoms. The Morgan fingerprint density at radius 3 is 1.69 bits per heavy atom. The van der Waals surface area contributed by atoms with Gasteiger partial charge in [0, 0.05) is 25.2 Å². The third-order valence-electron chi connectivity index (χ3n) is 4.10. The lowest BCUT2D eigenvalue weighted by Crippen LogP contribution is -2.53. The second-order valence-corrected chi connectivity index (χ2v) is 5.36. The van der Waals surface area contributed by atoms with Crippen molar-refractivity contribution in [3.8, 4) is 0 Å². The SMILES string of the molecule is CC1CCCCN1C(=O)N1CCCCC1C. The summed E-state index contributed by atoms with van der Waals surface area (Å²) in [6, 6.07) is 1.17. The Morgan fingerprint density at radius 2 is 1.31 bits per heavy atom. The van der Waals surface area contributed by atoms with E-state index in [1.807, 2.05) is 0 Å². The molecule has 16 heavy (non-hydrogen) atoms. The van der Waals surface area contributed by atoms with Crippen molar-refractivity contribution in [2.75, 3.05) is 13.1 Å². The van der Waals surface area contributed by atoms with Crippen molar-refractivity contribution < 1.29 is 4.79 Å². The average Bonchev–Trinajstić information content (AvgIpc) is 2.29. The lowest BCUT2D eigenvalue weighted by molar-refractivity contribution is 0.0960. The van der Waals surface area contributed by atoms with Crippen molar-refractivity contribution >= 4 is 6.03 Å². The molecule has 0 N–H and O–H groups in total. The van der Waals surface area contributed by atoms with Gasteiger partial charge < -0.3 is 9.80 Å². The summed E-state index contributed by atoms with van der Waals surface area (Å²) in [7, 11) is 0. The van der Waals surface area contributed by atoms with Gasteiger partial charge in [-0.3, -0.25) is 0 Å².